The Bertz CT molecular complexity index is 589. The number of ether oxygens (including phenoxy) is 1. The van der Waals surface area contributed by atoms with E-state index in [0.29, 0.717) is 6.04 Å². The highest BCUT2D eigenvalue weighted by molar-refractivity contribution is 5.35. The van der Waals surface area contributed by atoms with E-state index in [-0.39, 0.29) is 6.04 Å². The average molecular weight is 310 g/mol. The molecule has 3 heteroatoms. The number of nitrogens with zero attached hydrogens (tertiary/aromatic N) is 1. The summed E-state index contributed by atoms with van der Waals surface area (Å²) >= 11 is 0. The van der Waals surface area contributed by atoms with Crippen LogP contribution in [0.5, 0.6) is 5.75 Å². The number of piperidine rings is 1. The van der Waals surface area contributed by atoms with Crippen LogP contribution in [0.25, 0.3) is 0 Å². The zero-order valence-electron chi connectivity index (χ0n) is 14.0. The fraction of sp³-hybridized carbons (Fsp3) is 0.400. The molecule has 0 radical (unpaired) electrons. The van der Waals surface area contributed by atoms with Crippen molar-refractivity contribution < 1.29 is 4.74 Å². The van der Waals surface area contributed by atoms with Crippen molar-refractivity contribution >= 4 is 0 Å². The molecule has 122 valence electrons. The minimum absolute atomic E-state index is 0.232. The maximum absolute atomic E-state index is 5.29. The fourth-order valence-electron chi connectivity index (χ4n) is 3.24. The predicted octanol–water partition coefficient (Wildman–Crippen LogP) is 3.47. The Morgan fingerprint density at radius 1 is 0.957 bits per heavy atom. The Balaban J connectivity index is 1.81. The quantitative estimate of drug-likeness (QED) is 0.915. The first-order valence-electron chi connectivity index (χ1n) is 8.40. The Labute approximate surface area is 139 Å². The summed E-state index contributed by atoms with van der Waals surface area (Å²) in [4.78, 5) is 2.41. The Morgan fingerprint density at radius 3 is 2.17 bits per heavy atom. The molecule has 2 aromatic rings. The Hall–Kier alpha value is -1.84. The van der Waals surface area contributed by atoms with E-state index < -0.39 is 0 Å². The first-order valence-corrected chi connectivity index (χ1v) is 8.40. The molecule has 3 rings (SSSR count). The van der Waals surface area contributed by atoms with Gasteiger partial charge < -0.3 is 15.0 Å². The molecular weight excluding hydrogens is 284 g/mol. The normalized spacial score (nSPS) is 17.8. The molecule has 0 amide bonds. The second-order valence-corrected chi connectivity index (χ2v) is 6.36. The van der Waals surface area contributed by atoms with Crippen molar-refractivity contribution in [2.45, 2.75) is 24.9 Å². The van der Waals surface area contributed by atoms with Crippen LogP contribution in [0.15, 0.2) is 54.6 Å². The lowest BCUT2D eigenvalue weighted by atomic mass is 9.95. The van der Waals surface area contributed by atoms with Gasteiger partial charge in [0.2, 0.25) is 0 Å². The number of nitrogens with one attached hydrogen (secondary N) is 1. The maximum atomic E-state index is 5.29. The highest BCUT2D eigenvalue weighted by Crippen LogP contribution is 2.26. The van der Waals surface area contributed by atoms with Crippen molar-refractivity contribution in [1.29, 1.82) is 0 Å². The van der Waals surface area contributed by atoms with Crippen LogP contribution in [0.4, 0.5) is 0 Å². The lowest BCUT2D eigenvalue weighted by Gasteiger charge is -2.33. The van der Waals surface area contributed by atoms with Crippen LogP contribution >= 0.6 is 0 Å². The standard InChI is InChI=1S/C20H26N2O/c1-22-14-12-18(13-15-22)21-20(16-6-4-3-5-7-16)17-8-10-19(23-2)11-9-17/h3-11,18,20-21H,12-15H2,1-2H3. The van der Waals surface area contributed by atoms with Gasteiger partial charge in [0, 0.05) is 6.04 Å². The van der Waals surface area contributed by atoms with Crippen LogP contribution in [0.2, 0.25) is 0 Å². The zero-order valence-corrected chi connectivity index (χ0v) is 14.0. The van der Waals surface area contributed by atoms with E-state index in [1.165, 1.54) is 37.1 Å². The van der Waals surface area contributed by atoms with Crippen molar-refractivity contribution in [3.8, 4) is 5.75 Å². The number of methoxy groups -OCH3 is 1. The minimum atomic E-state index is 0.232. The van der Waals surface area contributed by atoms with Crippen molar-refractivity contribution in [3.05, 3.63) is 65.7 Å². The summed E-state index contributed by atoms with van der Waals surface area (Å²) in [5.74, 6) is 0.903. The molecule has 1 unspecified atom stereocenters. The summed E-state index contributed by atoms with van der Waals surface area (Å²) in [5.41, 5.74) is 2.60. The minimum Gasteiger partial charge on any atom is -0.497 e. The summed E-state index contributed by atoms with van der Waals surface area (Å²) in [6, 6.07) is 19.9. The summed E-state index contributed by atoms with van der Waals surface area (Å²) in [6.07, 6.45) is 2.41. The van der Waals surface area contributed by atoms with Crippen molar-refractivity contribution in [2.75, 3.05) is 27.2 Å². The second-order valence-electron chi connectivity index (χ2n) is 6.36. The summed E-state index contributed by atoms with van der Waals surface area (Å²) in [5, 5.41) is 3.88. The van der Waals surface area contributed by atoms with E-state index in [2.05, 4.69) is 59.7 Å². The van der Waals surface area contributed by atoms with Gasteiger partial charge in [-0.05, 0) is 56.2 Å². The molecule has 0 aliphatic carbocycles. The molecule has 0 spiro atoms. The molecule has 2 aromatic carbocycles. The third kappa shape index (κ3) is 4.12. The van der Waals surface area contributed by atoms with Crippen molar-refractivity contribution in [1.82, 2.24) is 10.2 Å². The molecule has 1 saturated heterocycles. The summed E-state index contributed by atoms with van der Waals surface area (Å²) in [6.45, 7) is 2.34. The number of benzene rings is 2. The lowest BCUT2D eigenvalue weighted by Crippen LogP contribution is -2.42. The largest absolute Gasteiger partial charge is 0.497 e. The second kappa shape index (κ2) is 7.62. The van der Waals surface area contributed by atoms with Crippen LogP contribution in [0.1, 0.15) is 30.0 Å². The first kappa shape index (κ1) is 16.0. The predicted molar refractivity (Wildman–Crippen MR) is 94.9 cm³/mol. The molecule has 1 aliphatic heterocycles. The van der Waals surface area contributed by atoms with E-state index in [9.17, 15) is 0 Å². The maximum Gasteiger partial charge on any atom is 0.118 e. The fourth-order valence-corrected chi connectivity index (χ4v) is 3.24. The highest BCUT2D eigenvalue weighted by atomic mass is 16.5. The van der Waals surface area contributed by atoms with Crippen molar-refractivity contribution in [3.63, 3.8) is 0 Å². The average Bonchev–Trinajstić information content (AvgIpc) is 2.62. The summed E-state index contributed by atoms with van der Waals surface area (Å²) < 4.78 is 5.29. The van der Waals surface area contributed by atoms with Gasteiger partial charge in [0.15, 0.2) is 0 Å². The van der Waals surface area contributed by atoms with E-state index >= 15 is 0 Å². The molecule has 1 fully saturated rings. The van der Waals surface area contributed by atoms with Gasteiger partial charge >= 0.3 is 0 Å². The van der Waals surface area contributed by atoms with Gasteiger partial charge in [-0.3, -0.25) is 0 Å². The molecule has 1 heterocycles. The van der Waals surface area contributed by atoms with Crippen molar-refractivity contribution in [2.24, 2.45) is 0 Å². The van der Waals surface area contributed by atoms with Crippen LogP contribution in [-0.2, 0) is 0 Å². The molecule has 3 nitrogen and oxygen atoms in total. The van der Waals surface area contributed by atoms with Gasteiger partial charge in [-0.2, -0.15) is 0 Å². The van der Waals surface area contributed by atoms with E-state index in [4.69, 9.17) is 4.74 Å². The third-order valence-corrected chi connectivity index (χ3v) is 4.70. The topological polar surface area (TPSA) is 24.5 Å². The molecule has 0 saturated carbocycles. The molecule has 0 aromatic heterocycles. The zero-order chi connectivity index (χ0) is 16.1. The monoisotopic (exact) mass is 310 g/mol. The molecule has 23 heavy (non-hydrogen) atoms. The van der Waals surface area contributed by atoms with Gasteiger partial charge in [-0.15, -0.1) is 0 Å². The van der Waals surface area contributed by atoms with Gasteiger partial charge in [-0.25, -0.2) is 0 Å². The highest BCUT2D eigenvalue weighted by Gasteiger charge is 2.22. The van der Waals surface area contributed by atoms with Gasteiger partial charge in [0.25, 0.3) is 0 Å². The van der Waals surface area contributed by atoms with Gasteiger partial charge in [0.05, 0.1) is 13.2 Å². The molecule has 1 atom stereocenters. The number of hydrogen-bond donors (Lipinski definition) is 1. The number of likely N-dealkylation sites (tertiary alicyclic amines) is 1. The number of hydrogen-bond acceptors (Lipinski definition) is 3. The van der Waals surface area contributed by atoms with Gasteiger partial charge in [-0.1, -0.05) is 42.5 Å². The van der Waals surface area contributed by atoms with Crippen LogP contribution in [0.3, 0.4) is 0 Å². The van der Waals surface area contributed by atoms with E-state index in [0.717, 1.165) is 5.75 Å². The third-order valence-electron chi connectivity index (χ3n) is 4.70. The molecule has 0 bridgehead atoms. The Morgan fingerprint density at radius 2 is 1.57 bits per heavy atom. The van der Waals surface area contributed by atoms with Crippen LogP contribution in [0, 0.1) is 0 Å². The van der Waals surface area contributed by atoms with Crippen LogP contribution in [-0.4, -0.2) is 38.2 Å². The SMILES string of the molecule is COc1ccc(C(NC2CCN(C)CC2)c2ccccc2)cc1. The summed E-state index contributed by atoms with van der Waals surface area (Å²) in [7, 11) is 3.91. The number of rotatable bonds is 5. The van der Waals surface area contributed by atoms with Gasteiger partial charge in [0.1, 0.15) is 5.75 Å². The smallest absolute Gasteiger partial charge is 0.118 e. The Kier molecular flexibility index (Phi) is 5.31. The molecular formula is C20H26N2O. The van der Waals surface area contributed by atoms with E-state index in [1.54, 1.807) is 7.11 Å². The lowest BCUT2D eigenvalue weighted by molar-refractivity contribution is 0.229. The van der Waals surface area contributed by atoms with E-state index in [1.807, 2.05) is 12.1 Å². The first-order chi connectivity index (χ1) is 11.3. The molecule has 1 N–H and O–H groups in total. The molecule has 1 aliphatic rings. The van der Waals surface area contributed by atoms with Crippen LogP contribution < -0.4 is 10.1 Å².